The van der Waals surface area contributed by atoms with Crippen molar-refractivity contribution >= 4 is 5.78 Å². The molecule has 2 fully saturated rings. The number of ether oxygens (including phenoxy) is 2. The van der Waals surface area contributed by atoms with E-state index < -0.39 is 0 Å². The van der Waals surface area contributed by atoms with Gasteiger partial charge in [-0.05, 0) is 92.9 Å². The van der Waals surface area contributed by atoms with E-state index >= 15 is 0 Å². The van der Waals surface area contributed by atoms with E-state index in [1.54, 1.807) is 0 Å². The summed E-state index contributed by atoms with van der Waals surface area (Å²) in [4.78, 5) is 13.0. The van der Waals surface area contributed by atoms with Gasteiger partial charge in [-0.25, -0.2) is 0 Å². The van der Waals surface area contributed by atoms with Gasteiger partial charge in [0.1, 0.15) is 11.5 Å². The fourth-order valence-corrected chi connectivity index (χ4v) is 6.59. The van der Waals surface area contributed by atoms with Gasteiger partial charge in [0, 0.05) is 30.6 Å². The summed E-state index contributed by atoms with van der Waals surface area (Å²) in [7, 11) is 2.21. The minimum atomic E-state index is -0.370. The molecule has 6 heteroatoms. The van der Waals surface area contributed by atoms with Crippen LogP contribution in [0.4, 0.5) is 0 Å². The van der Waals surface area contributed by atoms with Crippen molar-refractivity contribution in [3.63, 3.8) is 0 Å². The average Bonchev–Trinajstić information content (AvgIpc) is 3.61. The number of benzene rings is 3. The number of carbonyl (C=O) groups is 1. The predicted octanol–water partition coefficient (Wildman–Crippen LogP) is 14.8. The Hall–Kier alpha value is -2.10. The van der Waals surface area contributed by atoms with Gasteiger partial charge in [0.15, 0.2) is 0 Å². The second-order valence-electron chi connectivity index (χ2n) is 15.8. The topological polar surface area (TPSA) is 59.0 Å². The minimum absolute atomic E-state index is 0. The van der Waals surface area contributed by atoms with Crippen LogP contribution in [0.2, 0.25) is 0 Å². The van der Waals surface area contributed by atoms with E-state index in [1.807, 2.05) is 40.7 Å². The van der Waals surface area contributed by atoms with Crippen LogP contribution in [-0.4, -0.2) is 48.6 Å². The molecule has 5 rings (SSSR count). The number of aryl methyl sites for hydroxylation is 2. The fourth-order valence-electron chi connectivity index (χ4n) is 6.59. The van der Waals surface area contributed by atoms with Crippen molar-refractivity contribution in [2.24, 2.45) is 17.8 Å². The molecule has 340 valence electrons. The Bertz CT molecular complexity index is 1490. The normalized spacial score (nSPS) is 16.2. The maximum atomic E-state index is 10.6. The quantitative estimate of drug-likeness (QED) is 0.194. The van der Waals surface area contributed by atoms with E-state index in [2.05, 4.69) is 137 Å². The third kappa shape index (κ3) is 25.7. The maximum absolute atomic E-state index is 10.6. The van der Waals surface area contributed by atoms with Gasteiger partial charge in [-0.15, -0.1) is 11.6 Å². The summed E-state index contributed by atoms with van der Waals surface area (Å²) >= 11 is 0. The van der Waals surface area contributed by atoms with Crippen LogP contribution in [-0.2, 0) is 17.8 Å². The van der Waals surface area contributed by atoms with Crippen LogP contribution in [0.1, 0.15) is 169 Å². The summed E-state index contributed by atoms with van der Waals surface area (Å²) in [5.41, 5.74) is 8.51. The van der Waals surface area contributed by atoms with Crippen molar-refractivity contribution in [3.05, 3.63) is 89.3 Å². The second kappa shape index (κ2) is 38.6. The first kappa shape index (κ1) is 62.2. The van der Waals surface area contributed by atoms with Gasteiger partial charge in [0.25, 0.3) is 0 Å². The fraction of sp³-hybridized carbons (Fsp3) is 0.630. The number of Topliss-reactive ketones (excluding diaryl/α,β-unsaturated/α-hetero) is 1. The van der Waals surface area contributed by atoms with E-state index in [0.29, 0.717) is 30.1 Å². The molecule has 1 aliphatic carbocycles. The molecule has 1 N–H and O–H groups in total. The molecule has 1 saturated heterocycles. The Labute approximate surface area is 396 Å². The number of carbonyl (C=O) groups excluding carboxylic acids is 1. The summed E-state index contributed by atoms with van der Waals surface area (Å²) in [6.45, 7) is 38.5. The molecule has 1 heterocycles. The molecule has 0 radical (unpaired) electrons. The van der Waals surface area contributed by atoms with Crippen molar-refractivity contribution in [2.45, 2.75) is 181 Å². The number of hydrogen-bond donors (Lipinski definition) is 1. The van der Waals surface area contributed by atoms with Crippen LogP contribution in [0.3, 0.4) is 0 Å². The number of rotatable bonds is 11. The van der Waals surface area contributed by atoms with Gasteiger partial charge >= 0.3 is 31.1 Å². The predicted molar refractivity (Wildman–Crippen MR) is 259 cm³/mol. The van der Waals surface area contributed by atoms with Gasteiger partial charge in [0.2, 0.25) is 0 Å². The van der Waals surface area contributed by atoms with Crippen LogP contribution in [0.15, 0.2) is 48.5 Å². The molecule has 2 aliphatic rings. The van der Waals surface area contributed by atoms with Gasteiger partial charge < -0.3 is 26.4 Å². The third-order valence-electron chi connectivity index (χ3n) is 10.1. The van der Waals surface area contributed by atoms with E-state index in [4.69, 9.17) is 14.6 Å². The molecule has 3 aromatic carbocycles. The van der Waals surface area contributed by atoms with Gasteiger partial charge in [-0.2, -0.15) is 17.7 Å². The Morgan fingerprint density at radius 3 is 1.90 bits per heavy atom. The number of piperidine rings is 1. The number of aliphatic hydroxyl groups excluding tert-OH is 1. The molecule has 60 heavy (non-hydrogen) atoms. The smallest absolute Gasteiger partial charge is 0.546 e. The largest absolute Gasteiger partial charge is 2.00 e. The first-order valence-corrected chi connectivity index (χ1v) is 23.4. The molecule has 4 atom stereocenters. The van der Waals surface area contributed by atoms with E-state index in [-0.39, 0.29) is 37.2 Å². The maximum Gasteiger partial charge on any atom is 2.00 e. The summed E-state index contributed by atoms with van der Waals surface area (Å²) in [6.07, 6.45) is 10.7. The van der Waals surface area contributed by atoms with Crippen LogP contribution in [0.5, 0.6) is 11.5 Å². The monoisotopic (exact) mass is 1060 g/mol. The van der Waals surface area contributed by atoms with Crippen molar-refractivity contribution in [3.8, 4) is 22.6 Å². The van der Waals surface area contributed by atoms with Crippen molar-refractivity contribution in [1.82, 2.24) is 4.90 Å². The van der Waals surface area contributed by atoms with Crippen molar-refractivity contribution in [2.75, 3.05) is 26.7 Å². The van der Waals surface area contributed by atoms with Crippen molar-refractivity contribution in [1.29, 1.82) is 0 Å². The van der Waals surface area contributed by atoms with Crippen molar-refractivity contribution < 1.29 is 50.5 Å². The molecule has 0 amide bonds. The van der Waals surface area contributed by atoms with Gasteiger partial charge in [-0.3, -0.25) is 4.79 Å². The molecule has 0 bridgehead atoms. The second-order valence-corrected chi connectivity index (χ2v) is 15.8. The Balaban J connectivity index is -0.00000102. The third-order valence-corrected chi connectivity index (χ3v) is 10.1. The zero-order valence-corrected chi connectivity index (χ0v) is 45.8. The molecule has 0 aromatic heterocycles. The molecular formula is C54H91NO4U. The first-order valence-electron chi connectivity index (χ1n) is 23.4. The zero-order valence-electron chi connectivity index (χ0n) is 41.7. The first-order chi connectivity index (χ1) is 28.3. The Morgan fingerprint density at radius 1 is 0.867 bits per heavy atom. The zero-order chi connectivity index (χ0) is 45.3. The van der Waals surface area contributed by atoms with Crippen LogP contribution < -0.4 is 9.47 Å². The average molecular weight is 1060 g/mol. The van der Waals surface area contributed by atoms with Crippen LogP contribution >= 0.6 is 0 Å². The number of nitrogens with zero attached hydrogens (tertiary/aromatic N) is 1. The number of likely N-dealkylation sites (tertiary alicyclic amines) is 1. The molecule has 3 aromatic rings. The molecule has 0 spiro atoms. The molecule has 4 unspecified atom stereocenters. The summed E-state index contributed by atoms with van der Waals surface area (Å²) in [6, 6.07) is 20.4. The number of ketones is 1. The van der Waals surface area contributed by atoms with Gasteiger partial charge in [-0.1, -0.05) is 159 Å². The van der Waals surface area contributed by atoms with E-state index in [1.165, 1.54) is 65.6 Å². The summed E-state index contributed by atoms with van der Waals surface area (Å²) in [5, 5.41) is 8.74. The number of hydrogen-bond acceptors (Lipinski definition) is 5. The van der Waals surface area contributed by atoms with Crippen LogP contribution in [0.25, 0.3) is 11.1 Å². The van der Waals surface area contributed by atoms with Gasteiger partial charge in [0.05, 0.1) is 13.2 Å². The SMILES string of the molecule is CC.CC.CC1CCCC1=O.CCC.CCC.CCc1[c-]cc(OCc2cccc(-c3cccc(OCC4CCCN(C)C4)c3C)c2C)c(C)c1.[CH2-]C(O)CC(C)CC.[U+2]. The standard InChI is InChI=1S/C31H38NO2.C7H15O.C6H10O.2C3H8.2C2H6.U/c1-6-25-15-16-30(22(2)18-25)34-21-27-11-7-12-28(23(27)3)29-13-8-14-31(24(29)4)33-20-26-10-9-17-32(5)19-26;1-4-6(2)5-7(3)8;1-5-3-2-4-6(5)7;2*1-3-2;2*1-2;/h7-8,11-14,16,18,26H,6,9-10,17,19-21H2,1-5H3;6-8H,3-5H2,1-2H3;5H,2-4H2,1H3;2*3H2,1-2H3;2*1-2H3;/q2*-1;;;;;;+2. The summed E-state index contributed by atoms with van der Waals surface area (Å²) < 4.78 is 12.5. The molecule has 1 aliphatic heterocycles. The molecule has 1 saturated carbocycles. The molecule has 5 nitrogen and oxygen atoms in total. The van der Waals surface area contributed by atoms with E-state index in [9.17, 15) is 4.79 Å². The minimum Gasteiger partial charge on any atom is -0.546 e. The summed E-state index contributed by atoms with van der Waals surface area (Å²) in [5.74, 6) is 3.95. The Kier molecular flexibility index (Phi) is 40.0. The number of aliphatic hydroxyl groups is 1. The van der Waals surface area contributed by atoms with Crippen LogP contribution in [0, 0.1) is 82.6 Å². The van der Waals surface area contributed by atoms with E-state index in [0.717, 1.165) is 68.7 Å². The Morgan fingerprint density at radius 2 is 1.45 bits per heavy atom. The molecular weight excluding hydrogens is 965 g/mol.